The Morgan fingerprint density at radius 1 is 1.20 bits per heavy atom. The zero-order valence-corrected chi connectivity index (χ0v) is 18.1. The van der Waals surface area contributed by atoms with Crippen molar-refractivity contribution in [2.24, 2.45) is 0 Å². The van der Waals surface area contributed by atoms with Gasteiger partial charge in [0, 0.05) is 17.7 Å². The highest BCUT2D eigenvalue weighted by Crippen LogP contribution is 2.12. The molecular formula is C18H22IN3OS2. The van der Waals surface area contributed by atoms with Gasteiger partial charge in [-0.15, -0.1) is 0 Å². The van der Waals surface area contributed by atoms with Crippen molar-refractivity contribution in [3.05, 3.63) is 65.5 Å². The van der Waals surface area contributed by atoms with Crippen molar-refractivity contribution in [3.63, 3.8) is 0 Å². The summed E-state index contributed by atoms with van der Waals surface area (Å²) in [7, 11) is 0. The van der Waals surface area contributed by atoms with Crippen molar-refractivity contribution in [2.45, 2.75) is 12.7 Å². The molecule has 0 unspecified atom stereocenters. The van der Waals surface area contributed by atoms with Crippen molar-refractivity contribution >= 4 is 34.6 Å². The molecule has 1 aromatic carbocycles. The number of nitrogens with zero attached hydrogens (tertiary/aromatic N) is 1. The van der Waals surface area contributed by atoms with Crippen LogP contribution in [0.2, 0.25) is 0 Å². The van der Waals surface area contributed by atoms with Crippen LogP contribution >= 0.6 is 23.5 Å². The predicted molar refractivity (Wildman–Crippen MR) is 103 cm³/mol. The first-order valence-electron chi connectivity index (χ1n) is 7.70. The van der Waals surface area contributed by atoms with Crippen molar-refractivity contribution in [1.29, 1.82) is 0 Å². The molecule has 25 heavy (non-hydrogen) atoms. The van der Waals surface area contributed by atoms with E-state index in [1.165, 1.54) is 17.3 Å². The number of nitrogens with one attached hydrogen (secondary N) is 2. The second-order valence-corrected chi connectivity index (χ2v) is 7.02. The summed E-state index contributed by atoms with van der Waals surface area (Å²) in [5.74, 6) is 1.75. The normalized spacial score (nSPS) is 10.9. The quantitative estimate of drug-likeness (QED) is 0.234. The van der Waals surface area contributed by atoms with E-state index in [4.69, 9.17) is 0 Å². The Balaban J connectivity index is 0.00000312. The van der Waals surface area contributed by atoms with Gasteiger partial charge in [-0.25, -0.2) is 10.1 Å². The van der Waals surface area contributed by atoms with E-state index in [1.54, 1.807) is 12.1 Å². The third-order valence-electron chi connectivity index (χ3n) is 3.36. The summed E-state index contributed by atoms with van der Waals surface area (Å²) in [4.78, 5) is 19.8. The minimum atomic E-state index is -0.0933. The van der Waals surface area contributed by atoms with Gasteiger partial charge in [-0.1, -0.05) is 24.3 Å². The summed E-state index contributed by atoms with van der Waals surface area (Å²) in [5, 5.41) is 3.69. The predicted octanol–water partition coefficient (Wildman–Crippen LogP) is -1.14. The van der Waals surface area contributed by atoms with Crippen LogP contribution in [0.1, 0.15) is 21.6 Å². The number of amidine groups is 1. The average Bonchev–Trinajstić information content (AvgIpc) is 2.62. The SMILES string of the molecule is CSC(NC(=O)c1ccccc1)=[NH+]CCSCc1ncccc1C.[I-]. The molecule has 0 aliphatic rings. The van der Waals surface area contributed by atoms with Crippen molar-refractivity contribution in [3.8, 4) is 0 Å². The molecule has 0 aliphatic carbocycles. The van der Waals surface area contributed by atoms with Crippen LogP contribution < -0.4 is 34.3 Å². The molecule has 0 saturated carbocycles. The number of benzene rings is 1. The van der Waals surface area contributed by atoms with Crippen LogP contribution in [0, 0.1) is 6.92 Å². The molecule has 2 N–H and O–H groups in total. The number of carbonyl (C=O) groups excluding carboxylic acids is 1. The topological polar surface area (TPSA) is 56.0 Å². The molecule has 1 amide bonds. The van der Waals surface area contributed by atoms with Gasteiger partial charge < -0.3 is 24.0 Å². The molecule has 134 valence electrons. The maximum Gasteiger partial charge on any atom is 0.339 e. The highest BCUT2D eigenvalue weighted by Gasteiger charge is 2.14. The number of hydrogen-bond donors (Lipinski definition) is 2. The van der Waals surface area contributed by atoms with Crippen molar-refractivity contribution < 1.29 is 33.8 Å². The lowest BCUT2D eigenvalue weighted by Gasteiger charge is -2.03. The first-order valence-corrected chi connectivity index (χ1v) is 10.1. The zero-order valence-electron chi connectivity index (χ0n) is 14.3. The summed E-state index contributed by atoms with van der Waals surface area (Å²) >= 11 is 3.33. The summed E-state index contributed by atoms with van der Waals surface area (Å²) in [6.45, 7) is 2.88. The molecule has 0 saturated heterocycles. The second kappa shape index (κ2) is 12.3. The number of amides is 1. The van der Waals surface area contributed by atoms with Gasteiger partial charge in [0.25, 0.3) is 0 Å². The van der Waals surface area contributed by atoms with E-state index in [9.17, 15) is 4.79 Å². The van der Waals surface area contributed by atoms with E-state index in [-0.39, 0.29) is 29.9 Å². The molecule has 2 rings (SSSR count). The first kappa shape index (κ1) is 22.0. The van der Waals surface area contributed by atoms with E-state index in [0.717, 1.165) is 28.9 Å². The summed E-state index contributed by atoms with van der Waals surface area (Å²) in [6.07, 6.45) is 3.78. The molecule has 4 nitrogen and oxygen atoms in total. The third-order valence-corrected chi connectivity index (χ3v) is 4.98. The summed E-state index contributed by atoms with van der Waals surface area (Å²) in [5.41, 5.74) is 3.02. The van der Waals surface area contributed by atoms with Crippen LogP contribution in [0.4, 0.5) is 0 Å². The van der Waals surface area contributed by atoms with Gasteiger partial charge >= 0.3 is 11.1 Å². The lowest BCUT2D eigenvalue weighted by Crippen LogP contribution is -3.00. The lowest BCUT2D eigenvalue weighted by atomic mass is 10.2. The van der Waals surface area contributed by atoms with Crippen molar-refractivity contribution in [1.82, 2.24) is 10.3 Å². The van der Waals surface area contributed by atoms with Crippen molar-refractivity contribution in [2.75, 3.05) is 18.6 Å². The van der Waals surface area contributed by atoms with Crippen LogP contribution in [0.15, 0.2) is 48.7 Å². The van der Waals surface area contributed by atoms with E-state index >= 15 is 0 Å². The molecule has 0 fully saturated rings. The Hall–Kier alpha value is -1.06. The highest BCUT2D eigenvalue weighted by molar-refractivity contribution is 8.13. The molecule has 0 radical (unpaired) electrons. The fourth-order valence-corrected chi connectivity index (χ4v) is 3.33. The van der Waals surface area contributed by atoms with Gasteiger partial charge in [0.05, 0.1) is 17.8 Å². The van der Waals surface area contributed by atoms with Crippen LogP contribution in [-0.2, 0) is 5.75 Å². The molecule has 1 aromatic heterocycles. The Labute approximate surface area is 174 Å². The van der Waals surface area contributed by atoms with Gasteiger partial charge in [-0.2, -0.15) is 11.8 Å². The van der Waals surface area contributed by atoms with Gasteiger partial charge in [0.1, 0.15) is 0 Å². The van der Waals surface area contributed by atoms with Crippen LogP contribution in [0.3, 0.4) is 0 Å². The number of rotatable bonds is 6. The number of pyridine rings is 1. The van der Waals surface area contributed by atoms with Gasteiger partial charge in [0.2, 0.25) is 0 Å². The van der Waals surface area contributed by atoms with Crippen LogP contribution in [-0.4, -0.2) is 34.6 Å². The Morgan fingerprint density at radius 3 is 2.64 bits per heavy atom. The molecule has 7 heteroatoms. The van der Waals surface area contributed by atoms with Gasteiger partial charge in [-0.3, -0.25) is 9.98 Å². The number of aromatic nitrogens is 1. The van der Waals surface area contributed by atoms with E-state index < -0.39 is 0 Å². The maximum atomic E-state index is 12.1. The number of thioether (sulfide) groups is 2. The molecule has 0 atom stereocenters. The number of halogens is 1. The fourth-order valence-electron chi connectivity index (χ4n) is 2.01. The van der Waals surface area contributed by atoms with Crippen LogP contribution in [0.25, 0.3) is 0 Å². The Morgan fingerprint density at radius 2 is 1.96 bits per heavy atom. The third kappa shape index (κ3) is 7.79. The van der Waals surface area contributed by atoms with Gasteiger partial charge in [-0.05, 0) is 48.7 Å². The number of carbonyl (C=O) groups is 1. The first-order chi connectivity index (χ1) is 11.7. The van der Waals surface area contributed by atoms with E-state index in [0.29, 0.717) is 5.56 Å². The Kier molecular flexibility index (Phi) is 10.8. The summed E-state index contributed by atoms with van der Waals surface area (Å²) in [6, 6.07) is 13.3. The zero-order chi connectivity index (χ0) is 17.2. The van der Waals surface area contributed by atoms with E-state index in [2.05, 4.69) is 28.3 Å². The average molecular weight is 487 g/mol. The van der Waals surface area contributed by atoms with E-state index in [1.807, 2.05) is 48.5 Å². The molecule has 0 spiro atoms. The van der Waals surface area contributed by atoms with Gasteiger partial charge in [0.15, 0.2) is 0 Å². The largest absolute Gasteiger partial charge is 1.00 e. The number of hydrogen-bond acceptors (Lipinski definition) is 4. The molecule has 0 bridgehead atoms. The minimum absolute atomic E-state index is 0. The molecular weight excluding hydrogens is 465 g/mol. The monoisotopic (exact) mass is 487 g/mol. The molecule has 2 aromatic rings. The molecule has 1 heterocycles. The highest BCUT2D eigenvalue weighted by atomic mass is 127. The maximum absolute atomic E-state index is 12.1. The Bertz CT molecular complexity index is 696. The standard InChI is InChI=1S/C18H21N3OS2.HI/c1-14-7-6-10-19-16(14)13-24-12-11-20-18(23-2)21-17(22)15-8-4-3-5-9-15;/h3-10H,11-13H2,1-2H3,(H,20,21,22);1H. The minimum Gasteiger partial charge on any atom is -1.00 e. The number of aryl methyl sites for hydroxylation is 1. The lowest BCUT2D eigenvalue weighted by molar-refractivity contribution is -0.449. The summed E-state index contributed by atoms with van der Waals surface area (Å²) < 4.78 is 0. The second-order valence-electron chi connectivity index (χ2n) is 5.10. The smallest absolute Gasteiger partial charge is 0.339 e. The molecule has 0 aliphatic heterocycles. The fraction of sp³-hybridized carbons (Fsp3) is 0.278. The van der Waals surface area contributed by atoms with Crippen LogP contribution in [0.5, 0.6) is 0 Å².